The Hall–Kier alpha value is -0.720. The summed E-state index contributed by atoms with van der Waals surface area (Å²) < 4.78 is 34.2. The molecule has 1 atom stereocenters. The molecule has 0 saturated carbocycles. The molecule has 1 unspecified atom stereocenters. The van der Waals surface area contributed by atoms with Crippen molar-refractivity contribution in [1.29, 1.82) is 0 Å². The Morgan fingerprint density at radius 1 is 1.30 bits per heavy atom. The second-order valence-corrected chi connectivity index (χ2v) is 7.93. The standard InChI is InChI=1S/C13H10Cl2O3S2/c14-12-2-1-11(13(15)7-12)8-19(16)5-3-10-4-6-20(17,18)9-10/h1-7,9H,8H2/b5-3+. The molecule has 0 saturated heterocycles. The second-order valence-electron chi connectivity index (χ2n) is 4.07. The first-order chi connectivity index (χ1) is 9.35. The van der Waals surface area contributed by atoms with Crippen LogP contribution in [-0.4, -0.2) is 13.0 Å². The maximum absolute atomic E-state index is 11.9. The van der Waals surface area contributed by atoms with Crippen molar-refractivity contribution in [2.45, 2.75) is 5.75 Å². The predicted molar refractivity (Wildman–Crippen MR) is 83.6 cm³/mol. The summed E-state index contributed by atoms with van der Waals surface area (Å²) in [6.07, 6.45) is 2.97. The minimum absolute atomic E-state index is 0.246. The molecule has 0 aromatic heterocycles. The van der Waals surface area contributed by atoms with Crippen LogP contribution in [0.2, 0.25) is 10.0 Å². The van der Waals surface area contributed by atoms with Crippen molar-refractivity contribution in [3.63, 3.8) is 0 Å². The fourth-order valence-electron chi connectivity index (χ4n) is 1.53. The number of sulfone groups is 1. The van der Waals surface area contributed by atoms with Gasteiger partial charge in [-0.25, -0.2) is 8.42 Å². The highest BCUT2D eigenvalue weighted by molar-refractivity contribution is 7.97. The molecule has 20 heavy (non-hydrogen) atoms. The van der Waals surface area contributed by atoms with Crippen LogP contribution in [0.3, 0.4) is 0 Å². The van der Waals surface area contributed by atoms with E-state index in [1.165, 1.54) is 17.6 Å². The van der Waals surface area contributed by atoms with Crippen molar-refractivity contribution < 1.29 is 13.0 Å². The Bertz CT molecular complexity index is 706. The molecule has 1 aromatic rings. The zero-order chi connectivity index (χ0) is 14.8. The van der Waals surface area contributed by atoms with Crippen molar-refractivity contribution >= 4 is 44.2 Å². The van der Waals surface area contributed by atoms with Crippen LogP contribution >= 0.6 is 23.2 Å². The fraction of sp³-hybridized carbons (Fsp3) is 0.0769. The van der Waals surface area contributed by atoms with E-state index in [9.17, 15) is 13.0 Å². The van der Waals surface area contributed by atoms with Gasteiger partial charge in [-0.1, -0.05) is 29.3 Å². The van der Waals surface area contributed by atoms with Crippen LogP contribution < -0.4 is 0 Å². The SMILES string of the molecule is O=S1(=O)C=CC(/C=C/[S+]([O-])Cc2ccc(Cl)cc2Cl)=C1. The van der Waals surface area contributed by atoms with Gasteiger partial charge in [-0.2, -0.15) is 0 Å². The van der Waals surface area contributed by atoms with Gasteiger partial charge in [0.2, 0.25) is 0 Å². The topological polar surface area (TPSA) is 57.2 Å². The third kappa shape index (κ3) is 4.40. The van der Waals surface area contributed by atoms with Crippen LogP contribution in [0.15, 0.2) is 52.1 Å². The van der Waals surface area contributed by atoms with E-state index < -0.39 is 21.0 Å². The lowest BCUT2D eigenvalue weighted by molar-refractivity contribution is 0.602. The molecule has 0 fully saturated rings. The van der Waals surface area contributed by atoms with Crippen molar-refractivity contribution in [2.24, 2.45) is 0 Å². The molecule has 1 aliphatic heterocycles. The predicted octanol–water partition coefficient (Wildman–Crippen LogP) is 3.58. The van der Waals surface area contributed by atoms with E-state index in [1.54, 1.807) is 18.2 Å². The first-order valence-electron chi connectivity index (χ1n) is 5.50. The summed E-state index contributed by atoms with van der Waals surface area (Å²) in [5.41, 5.74) is 1.23. The lowest BCUT2D eigenvalue weighted by Crippen LogP contribution is -2.00. The molecule has 0 bridgehead atoms. The van der Waals surface area contributed by atoms with E-state index in [-0.39, 0.29) is 5.75 Å². The monoisotopic (exact) mass is 348 g/mol. The third-order valence-electron chi connectivity index (χ3n) is 2.48. The van der Waals surface area contributed by atoms with Gasteiger partial charge in [-0.3, -0.25) is 0 Å². The summed E-state index contributed by atoms with van der Waals surface area (Å²) in [4.78, 5) is 0. The van der Waals surface area contributed by atoms with Crippen LogP contribution in [0.25, 0.3) is 0 Å². The molecule has 0 aliphatic carbocycles. The number of hydrogen-bond acceptors (Lipinski definition) is 3. The Kier molecular flexibility index (Phi) is 4.99. The highest BCUT2D eigenvalue weighted by Gasteiger charge is 2.11. The molecule has 7 heteroatoms. The van der Waals surface area contributed by atoms with Gasteiger partial charge in [0, 0.05) is 26.4 Å². The van der Waals surface area contributed by atoms with Crippen LogP contribution in [0.1, 0.15) is 5.56 Å². The van der Waals surface area contributed by atoms with Crippen LogP contribution in [0.4, 0.5) is 0 Å². The van der Waals surface area contributed by atoms with E-state index in [0.29, 0.717) is 15.6 Å². The summed E-state index contributed by atoms with van der Waals surface area (Å²) in [5.74, 6) is 0.246. The average molecular weight is 349 g/mol. The Labute approximate surface area is 130 Å². The quantitative estimate of drug-likeness (QED) is 0.781. The summed E-state index contributed by atoms with van der Waals surface area (Å²) in [5, 5.41) is 4.65. The van der Waals surface area contributed by atoms with Gasteiger partial charge in [-0.15, -0.1) is 0 Å². The number of halogens is 2. The average Bonchev–Trinajstić information content (AvgIpc) is 2.70. The summed E-state index contributed by atoms with van der Waals surface area (Å²) in [6, 6.07) is 4.99. The molecule has 0 radical (unpaired) electrons. The maximum atomic E-state index is 11.9. The zero-order valence-corrected chi connectivity index (χ0v) is 13.3. The molecule has 0 N–H and O–H groups in total. The van der Waals surface area contributed by atoms with Gasteiger partial charge in [0.1, 0.15) is 11.2 Å². The Balaban J connectivity index is 2.03. The van der Waals surface area contributed by atoms with Gasteiger partial charge in [0.05, 0.1) is 0 Å². The number of rotatable bonds is 4. The number of hydrogen-bond donors (Lipinski definition) is 0. The van der Waals surface area contributed by atoms with Gasteiger partial charge in [-0.05, 0) is 41.0 Å². The molecular weight excluding hydrogens is 339 g/mol. The number of allylic oxidation sites excluding steroid dienone is 3. The normalized spacial score (nSPS) is 18.4. The van der Waals surface area contributed by atoms with Crippen molar-refractivity contribution in [2.75, 3.05) is 0 Å². The van der Waals surface area contributed by atoms with Gasteiger partial charge >= 0.3 is 0 Å². The highest BCUT2D eigenvalue weighted by Crippen LogP contribution is 2.23. The molecule has 1 aliphatic rings. The Morgan fingerprint density at radius 2 is 2.05 bits per heavy atom. The van der Waals surface area contributed by atoms with Gasteiger partial charge < -0.3 is 4.55 Å². The van der Waals surface area contributed by atoms with Gasteiger partial charge in [0.25, 0.3) is 0 Å². The molecule has 0 amide bonds. The molecule has 2 rings (SSSR count). The highest BCUT2D eigenvalue weighted by atomic mass is 35.5. The van der Waals surface area contributed by atoms with E-state index in [4.69, 9.17) is 23.2 Å². The summed E-state index contributed by atoms with van der Waals surface area (Å²) in [6.45, 7) is 0. The van der Waals surface area contributed by atoms with E-state index in [2.05, 4.69) is 0 Å². The second kappa shape index (κ2) is 6.37. The minimum Gasteiger partial charge on any atom is -0.612 e. The van der Waals surface area contributed by atoms with Crippen LogP contribution in [0, 0.1) is 0 Å². The van der Waals surface area contributed by atoms with Crippen molar-refractivity contribution in [3.05, 3.63) is 67.8 Å². The molecule has 106 valence electrons. The largest absolute Gasteiger partial charge is 0.612 e. The third-order valence-corrected chi connectivity index (χ3v) is 5.21. The van der Waals surface area contributed by atoms with E-state index in [1.807, 2.05) is 0 Å². The lowest BCUT2D eigenvalue weighted by Gasteiger charge is -2.07. The molecule has 3 nitrogen and oxygen atoms in total. The van der Waals surface area contributed by atoms with E-state index >= 15 is 0 Å². The van der Waals surface area contributed by atoms with Crippen molar-refractivity contribution in [3.8, 4) is 0 Å². The molecule has 1 heterocycles. The molecule has 1 aromatic carbocycles. The zero-order valence-electron chi connectivity index (χ0n) is 10.1. The summed E-state index contributed by atoms with van der Waals surface area (Å²) in [7, 11) is -3.24. The van der Waals surface area contributed by atoms with Crippen LogP contribution in [0.5, 0.6) is 0 Å². The number of benzene rings is 1. The first kappa shape index (κ1) is 15.7. The first-order valence-corrected chi connectivity index (χ1v) is 9.25. The summed E-state index contributed by atoms with van der Waals surface area (Å²) >= 11 is 10.5. The Morgan fingerprint density at radius 3 is 2.65 bits per heavy atom. The maximum Gasteiger partial charge on any atom is 0.193 e. The fourth-order valence-corrected chi connectivity index (χ4v) is 4.01. The smallest absolute Gasteiger partial charge is 0.193 e. The molecular formula is C13H10Cl2O3S2. The minimum atomic E-state index is -3.24. The lowest BCUT2D eigenvalue weighted by atomic mass is 10.2. The van der Waals surface area contributed by atoms with Gasteiger partial charge in [0.15, 0.2) is 9.84 Å². The van der Waals surface area contributed by atoms with E-state index in [0.717, 1.165) is 16.4 Å². The van der Waals surface area contributed by atoms with Crippen molar-refractivity contribution in [1.82, 2.24) is 0 Å². The molecule has 0 spiro atoms. The van der Waals surface area contributed by atoms with Crippen LogP contribution in [-0.2, 0) is 26.8 Å².